The summed E-state index contributed by atoms with van der Waals surface area (Å²) >= 11 is 0. The van der Waals surface area contributed by atoms with Crippen molar-refractivity contribution in [2.45, 2.75) is 93.2 Å². The van der Waals surface area contributed by atoms with Crippen LogP contribution in [0.15, 0.2) is 112 Å². The van der Waals surface area contributed by atoms with Crippen molar-refractivity contribution in [3.8, 4) is 5.75 Å². The molecule has 0 aliphatic rings. The molecule has 216 valence electrons. The fourth-order valence-electron chi connectivity index (χ4n) is 4.52. The molecule has 4 aromatic carbocycles. The molecular formula is C37H44O3S. The molecule has 0 aliphatic carbocycles. The topological polar surface area (TPSA) is 60.4 Å². The SMILES string of the molecule is CC(C)(C)c1cc(C(C)(C)C)c([S+](c2ccccc2)c2ccccc2)c(C(C)(C)C)c1.O=C(O)c1ccccc1[O-]. The lowest BCUT2D eigenvalue weighted by Crippen LogP contribution is -2.26. The Bertz CT molecular complexity index is 1380. The highest BCUT2D eigenvalue weighted by molar-refractivity contribution is 7.97. The van der Waals surface area contributed by atoms with E-state index >= 15 is 0 Å². The molecule has 4 rings (SSSR count). The smallest absolute Gasteiger partial charge is 0.335 e. The minimum Gasteiger partial charge on any atom is -0.872 e. The van der Waals surface area contributed by atoms with Crippen LogP contribution in [0.5, 0.6) is 5.75 Å². The van der Waals surface area contributed by atoms with Crippen molar-refractivity contribution in [1.82, 2.24) is 0 Å². The molecule has 3 nitrogen and oxygen atoms in total. The van der Waals surface area contributed by atoms with Crippen LogP contribution in [-0.2, 0) is 27.1 Å². The second kappa shape index (κ2) is 12.6. The van der Waals surface area contributed by atoms with Crippen molar-refractivity contribution in [2.24, 2.45) is 0 Å². The normalized spacial score (nSPS) is 12.0. The average molecular weight is 569 g/mol. The number of carbonyl (C=O) groups is 1. The Hall–Kier alpha value is -3.50. The van der Waals surface area contributed by atoms with Gasteiger partial charge in [0.25, 0.3) is 0 Å². The predicted octanol–water partition coefficient (Wildman–Crippen LogP) is 9.13. The summed E-state index contributed by atoms with van der Waals surface area (Å²) in [6.45, 7) is 21.2. The molecule has 0 amide bonds. The van der Waals surface area contributed by atoms with Crippen LogP contribution in [0.1, 0.15) is 89.4 Å². The standard InChI is InChI=1S/C30H39S.C7H6O3/c1-28(2,3)22-20-25(29(4,5)6)27(26(21-22)30(7,8)9)31(23-16-12-10-13-17-23)24-18-14-11-15-19-24;8-6-4-2-1-3-5(6)7(9)10/h10-21H,1-9H3;1-4,8H,(H,9,10)/q+1;/p-1. The van der Waals surface area contributed by atoms with E-state index in [1.54, 1.807) is 0 Å². The van der Waals surface area contributed by atoms with E-state index in [0.717, 1.165) is 0 Å². The molecule has 41 heavy (non-hydrogen) atoms. The van der Waals surface area contributed by atoms with Gasteiger partial charge in [0.1, 0.15) is 0 Å². The van der Waals surface area contributed by atoms with E-state index in [1.807, 2.05) is 0 Å². The third-order valence-corrected chi connectivity index (χ3v) is 9.19. The maximum absolute atomic E-state index is 10.7. The van der Waals surface area contributed by atoms with Gasteiger partial charge < -0.3 is 10.2 Å². The number of hydrogen-bond acceptors (Lipinski definition) is 2. The number of carboxylic acids is 1. The van der Waals surface area contributed by atoms with Crippen molar-refractivity contribution in [1.29, 1.82) is 0 Å². The average Bonchev–Trinajstić information content (AvgIpc) is 2.89. The van der Waals surface area contributed by atoms with E-state index in [4.69, 9.17) is 5.11 Å². The molecule has 0 saturated heterocycles. The van der Waals surface area contributed by atoms with Gasteiger partial charge in [0, 0.05) is 11.1 Å². The molecule has 0 aliphatic heterocycles. The summed E-state index contributed by atoms with van der Waals surface area (Å²) in [4.78, 5) is 14.5. The Balaban J connectivity index is 0.000000389. The van der Waals surface area contributed by atoms with Crippen LogP contribution in [-0.4, -0.2) is 11.1 Å². The second-order valence-corrected chi connectivity index (χ2v) is 15.3. The molecule has 4 heteroatoms. The minimum absolute atomic E-state index is 0.0470. The van der Waals surface area contributed by atoms with E-state index in [0.29, 0.717) is 0 Å². The van der Waals surface area contributed by atoms with Crippen molar-refractivity contribution >= 4 is 16.9 Å². The Morgan fingerprint density at radius 2 is 1.00 bits per heavy atom. The van der Waals surface area contributed by atoms with Gasteiger partial charge in [-0.15, -0.1) is 0 Å². The Labute approximate surface area is 249 Å². The summed E-state index contributed by atoms with van der Waals surface area (Å²) in [5, 5.41) is 19.0. The molecule has 0 bridgehead atoms. The fourth-order valence-corrected chi connectivity index (χ4v) is 7.30. The van der Waals surface area contributed by atoms with E-state index in [1.165, 1.54) is 55.6 Å². The van der Waals surface area contributed by atoms with Crippen LogP contribution in [0.3, 0.4) is 0 Å². The highest BCUT2D eigenvalue weighted by Crippen LogP contribution is 2.45. The number of benzene rings is 4. The molecule has 0 atom stereocenters. The highest BCUT2D eigenvalue weighted by Gasteiger charge is 2.40. The number of hydrogen-bond donors (Lipinski definition) is 1. The summed E-state index contributed by atoms with van der Waals surface area (Å²) in [5.41, 5.74) is 4.40. The zero-order chi connectivity index (χ0) is 30.6. The van der Waals surface area contributed by atoms with Gasteiger partial charge in [0.2, 0.25) is 0 Å². The Kier molecular flexibility index (Phi) is 9.81. The minimum atomic E-state index is -1.18. The van der Waals surface area contributed by atoms with E-state index in [-0.39, 0.29) is 32.7 Å². The van der Waals surface area contributed by atoms with Crippen LogP contribution < -0.4 is 5.11 Å². The first-order valence-corrected chi connectivity index (χ1v) is 15.3. The van der Waals surface area contributed by atoms with Gasteiger partial charge in [-0.25, -0.2) is 4.79 Å². The predicted molar refractivity (Wildman–Crippen MR) is 170 cm³/mol. The van der Waals surface area contributed by atoms with Gasteiger partial charge in [-0.3, -0.25) is 0 Å². The van der Waals surface area contributed by atoms with Gasteiger partial charge in [-0.05, 0) is 64.3 Å². The summed E-state index contributed by atoms with van der Waals surface area (Å²) in [6, 6.07) is 32.7. The van der Waals surface area contributed by atoms with Gasteiger partial charge >= 0.3 is 5.97 Å². The van der Waals surface area contributed by atoms with Crippen LogP contribution in [0.2, 0.25) is 0 Å². The maximum Gasteiger partial charge on any atom is 0.335 e. The van der Waals surface area contributed by atoms with Crippen LogP contribution in [0.4, 0.5) is 0 Å². The largest absolute Gasteiger partial charge is 0.872 e. The van der Waals surface area contributed by atoms with Gasteiger partial charge in [0.05, 0.1) is 16.5 Å². The zero-order valence-corrected chi connectivity index (χ0v) is 26.7. The quantitative estimate of drug-likeness (QED) is 0.250. The lowest BCUT2D eigenvalue weighted by Gasteiger charge is -2.32. The lowest BCUT2D eigenvalue weighted by atomic mass is 9.75. The van der Waals surface area contributed by atoms with Crippen molar-refractivity contribution in [2.75, 3.05) is 0 Å². The number of carboxylic acid groups (broad SMARTS) is 1. The first kappa shape index (κ1) is 32.0. The fraction of sp³-hybridized carbons (Fsp3) is 0.324. The highest BCUT2D eigenvalue weighted by atomic mass is 32.2. The molecule has 0 unspecified atom stereocenters. The van der Waals surface area contributed by atoms with Crippen molar-refractivity contribution in [3.05, 3.63) is 119 Å². The molecule has 0 saturated carbocycles. The summed E-state index contributed by atoms with van der Waals surface area (Å²) in [7, 11) is -0.166. The van der Waals surface area contributed by atoms with E-state index < -0.39 is 11.7 Å². The number of rotatable bonds is 4. The first-order chi connectivity index (χ1) is 19.0. The molecule has 0 radical (unpaired) electrons. The Morgan fingerprint density at radius 3 is 1.32 bits per heavy atom. The number of aromatic carboxylic acids is 1. The molecular weight excluding hydrogens is 524 g/mol. The molecule has 0 fully saturated rings. The third-order valence-electron chi connectivity index (χ3n) is 6.85. The third kappa shape index (κ3) is 8.04. The van der Waals surface area contributed by atoms with Gasteiger partial charge in [0.15, 0.2) is 14.7 Å². The van der Waals surface area contributed by atoms with E-state index in [9.17, 15) is 9.90 Å². The molecule has 0 spiro atoms. The van der Waals surface area contributed by atoms with E-state index in [2.05, 4.69) is 135 Å². The second-order valence-electron chi connectivity index (χ2n) is 13.4. The van der Waals surface area contributed by atoms with Crippen molar-refractivity contribution < 1.29 is 15.0 Å². The molecule has 0 heterocycles. The lowest BCUT2D eigenvalue weighted by molar-refractivity contribution is -0.268. The maximum atomic E-state index is 10.7. The van der Waals surface area contributed by atoms with Crippen LogP contribution >= 0.6 is 0 Å². The van der Waals surface area contributed by atoms with Gasteiger partial charge in [-0.2, -0.15) is 0 Å². The summed E-state index contributed by atoms with van der Waals surface area (Å²) in [5.74, 6) is -1.62. The van der Waals surface area contributed by atoms with Crippen LogP contribution in [0.25, 0.3) is 0 Å². The van der Waals surface area contributed by atoms with Crippen molar-refractivity contribution in [3.63, 3.8) is 0 Å². The molecule has 4 aromatic rings. The monoisotopic (exact) mass is 568 g/mol. The van der Waals surface area contributed by atoms with Crippen LogP contribution in [0, 0.1) is 0 Å². The summed E-state index contributed by atoms with van der Waals surface area (Å²) in [6.07, 6.45) is 0. The Morgan fingerprint density at radius 1 is 0.610 bits per heavy atom. The zero-order valence-electron chi connectivity index (χ0n) is 25.9. The molecule has 1 N–H and O–H groups in total. The van der Waals surface area contributed by atoms with Gasteiger partial charge in [-0.1, -0.05) is 123 Å². The molecule has 0 aromatic heterocycles. The number of para-hydroxylation sites is 1. The summed E-state index contributed by atoms with van der Waals surface area (Å²) < 4.78 is 0. The first-order valence-electron chi connectivity index (χ1n) is 14.0.